The van der Waals surface area contributed by atoms with Gasteiger partial charge in [-0.1, -0.05) is 165 Å². The summed E-state index contributed by atoms with van der Waals surface area (Å²) in [6.45, 7) is 4.54. The highest BCUT2D eigenvalue weighted by Gasteiger charge is 2.37. The molecule has 4 heteroatoms. The van der Waals surface area contributed by atoms with E-state index in [1.807, 2.05) is 36.4 Å². The Morgan fingerprint density at radius 3 is 1.83 bits per heavy atom. The van der Waals surface area contributed by atoms with Gasteiger partial charge in [0.25, 0.3) is 0 Å². The van der Waals surface area contributed by atoms with Crippen LogP contribution >= 0.6 is 11.3 Å². The van der Waals surface area contributed by atoms with Crippen molar-refractivity contribution in [2.24, 2.45) is 0 Å². The third kappa shape index (κ3) is 4.83. The lowest BCUT2D eigenvalue weighted by Gasteiger charge is -2.21. The first-order valence-corrected chi connectivity index (χ1v) is 18.1. The van der Waals surface area contributed by atoms with E-state index >= 15 is 0 Å². The van der Waals surface area contributed by atoms with Gasteiger partial charge in [0.1, 0.15) is 0 Å². The molecule has 1 aliphatic rings. The molecule has 246 valence electrons. The lowest BCUT2D eigenvalue weighted by atomic mass is 9.82. The Morgan fingerprint density at radius 2 is 1.02 bits per heavy atom. The lowest BCUT2D eigenvalue weighted by molar-refractivity contribution is 0.660. The smallest absolute Gasteiger partial charge is 0.165 e. The summed E-state index contributed by atoms with van der Waals surface area (Å²) in [6, 6.07) is 43.7. The second-order valence-corrected chi connectivity index (χ2v) is 14.7. The van der Waals surface area contributed by atoms with E-state index in [-0.39, 0.29) is 35.1 Å². The van der Waals surface area contributed by atoms with Crippen molar-refractivity contribution in [1.29, 1.82) is 0 Å². The highest BCUT2D eigenvalue weighted by atomic mass is 32.1. The maximum absolute atomic E-state index is 8.51. The van der Waals surface area contributed by atoms with Gasteiger partial charge in [0, 0.05) is 42.3 Å². The maximum Gasteiger partial charge on any atom is 0.165 e. The molecule has 2 heterocycles. The third-order valence-electron chi connectivity index (χ3n) is 10.3. The molecule has 0 bridgehead atoms. The Kier molecular flexibility index (Phi) is 5.89. The monoisotopic (exact) mass is 688 g/mol. The molecule has 1 aliphatic carbocycles. The summed E-state index contributed by atoms with van der Waals surface area (Å²) in [4.78, 5) is 15.9. The Labute approximate surface area is 314 Å². The quantitative estimate of drug-likeness (QED) is 0.181. The van der Waals surface area contributed by atoms with Crippen LogP contribution in [0.5, 0.6) is 0 Å². The number of thiophene rings is 1. The lowest BCUT2D eigenvalue weighted by Crippen LogP contribution is -2.14. The number of nitrogens with zero attached hydrogens (tertiary/aromatic N) is 3. The largest absolute Gasteiger partial charge is 0.208 e. The zero-order valence-electron chi connectivity index (χ0n) is 33.5. The van der Waals surface area contributed by atoms with E-state index in [1.165, 1.54) is 26.8 Å². The molecule has 52 heavy (non-hydrogen) atoms. The molecule has 7 aromatic carbocycles. The molecule has 2 aromatic heterocycles. The van der Waals surface area contributed by atoms with Gasteiger partial charge in [-0.05, 0) is 56.6 Å². The fraction of sp³-hybridized carbons (Fsp3) is 0.0625. The van der Waals surface area contributed by atoms with Crippen LogP contribution in [0.4, 0.5) is 0 Å². The topological polar surface area (TPSA) is 38.7 Å². The molecule has 0 fully saturated rings. The summed E-state index contributed by atoms with van der Waals surface area (Å²) >= 11 is 1.74. The van der Waals surface area contributed by atoms with E-state index < -0.39 is 6.04 Å². The second kappa shape index (κ2) is 11.9. The second-order valence-electron chi connectivity index (χ2n) is 13.6. The van der Waals surface area contributed by atoms with E-state index in [4.69, 9.17) is 21.8 Å². The van der Waals surface area contributed by atoms with Gasteiger partial charge in [-0.3, -0.25) is 0 Å². The zero-order chi connectivity index (χ0) is 39.2. The molecule has 0 atom stereocenters. The first kappa shape index (κ1) is 25.7. The minimum absolute atomic E-state index is 0.170. The number of hydrogen-bond donors (Lipinski definition) is 0. The normalized spacial score (nSPS) is 14.3. The van der Waals surface area contributed by atoms with Crippen molar-refractivity contribution < 1.29 is 6.85 Å². The van der Waals surface area contributed by atoms with Gasteiger partial charge in [0.05, 0.1) is 6.85 Å². The van der Waals surface area contributed by atoms with Gasteiger partial charge in [-0.2, -0.15) is 0 Å². The van der Waals surface area contributed by atoms with Crippen LogP contribution < -0.4 is 0 Å². The predicted octanol–water partition coefficient (Wildman–Crippen LogP) is 12.9. The van der Waals surface area contributed by atoms with Crippen molar-refractivity contribution in [3.63, 3.8) is 0 Å². The van der Waals surface area contributed by atoms with Crippen molar-refractivity contribution in [3.8, 4) is 67.5 Å². The Morgan fingerprint density at radius 1 is 0.462 bits per heavy atom. The first-order valence-electron chi connectivity index (χ1n) is 19.8. The number of benzene rings is 7. The van der Waals surface area contributed by atoms with Crippen LogP contribution in [0.25, 0.3) is 87.7 Å². The van der Waals surface area contributed by atoms with E-state index in [1.54, 1.807) is 23.5 Å². The number of rotatable bonds is 5. The molecule has 3 nitrogen and oxygen atoms in total. The minimum Gasteiger partial charge on any atom is -0.208 e. The van der Waals surface area contributed by atoms with E-state index in [0.717, 1.165) is 43.5 Å². The molecule has 0 saturated heterocycles. The van der Waals surface area contributed by atoms with E-state index in [9.17, 15) is 0 Å². The molecule has 0 amide bonds. The van der Waals surface area contributed by atoms with Crippen molar-refractivity contribution in [1.82, 2.24) is 15.0 Å². The summed E-state index contributed by atoms with van der Waals surface area (Å²) in [7, 11) is 0. The van der Waals surface area contributed by atoms with Gasteiger partial charge >= 0.3 is 0 Å². The molecule has 0 unspecified atom stereocenters. The molecular weight excluding hydrogens is 651 g/mol. The van der Waals surface area contributed by atoms with Crippen LogP contribution in [-0.4, -0.2) is 15.0 Å². The average molecular weight is 689 g/mol. The Bertz CT molecular complexity index is 3090. The Balaban J connectivity index is 1.19. The predicted molar refractivity (Wildman–Crippen MR) is 217 cm³/mol. The van der Waals surface area contributed by atoms with Crippen LogP contribution in [0.1, 0.15) is 31.8 Å². The molecule has 0 radical (unpaired) electrons. The van der Waals surface area contributed by atoms with Gasteiger partial charge < -0.3 is 0 Å². The average Bonchev–Trinajstić information content (AvgIpc) is 3.74. The van der Waals surface area contributed by atoms with Gasteiger partial charge in [-0.15, -0.1) is 11.3 Å². The zero-order valence-corrected chi connectivity index (χ0v) is 29.3. The Hall–Kier alpha value is -6.23. The molecule has 9 aromatic rings. The van der Waals surface area contributed by atoms with Crippen LogP contribution in [0.2, 0.25) is 0 Å². The molecule has 0 spiro atoms. The van der Waals surface area contributed by atoms with E-state index in [2.05, 4.69) is 98.8 Å². The molecular formula is C48H33N3S. The molecule has 0 N–H and O–H groups in total. The summed E-state index contributed by atoms with van der Waals surface area (Å²) in [5, 5.41) is 2.36. The summed E-state index contributed by atoms with van der Waals surface area (Å²) in [5.41, 5.74) is 9.79. The van der Waals surface area contributed by atoms with Crippen molar-refractivity contribution in [3.05, 3.63) is 175 Å². The third-order valence-corrected chi connectivity index (χ3v) is 11.5. The highest BCUT2D eigenvalue weighted by Crippen LogP contribution is 2.52. The van der Waals surface area contributed by atoms with Crippen LogP contribution in [-0.2, 0) is 5.41 Å². The van der Waals surface area contributed by atoms with E-state index in [0.29, 0.717) is 23.0 Å². The summed E-state index contributed by atoms with van der Waals surface area (Å²) in [5.74, 6) is 1.70. The maximum atomic E-state index is 8.51. The highest BCUT2D eigenvalue weighted by molar-refractivity contribution is 7.26. The van der Waals surface area contributed by atoms with Gasteiger partial charge in [-0.25, -0.2) is 15.0 Å². The number of hydrogen-bond acceptors (Lipinski definition) is 4. The fourth-order valence-electron chi connectivity index (χ4n) is 7.74. The standard InChI is InChI=1S/C48H33N3S/c1-48(2)40-23-10-8-19-37(40)43-38(21-13-24-41(43)48)46-49-45(50-47(51-46)39-22-12-20-35-34-17-9-11-25-42(34)52-44(35)39)36-18-7-6-16-33(36)32-28-26-31(27-29-32)30-14-4-3-5-15-30/h3-29H,1-2H3/i3D,4D,5D,14D,15D. The summed E-state index contributed by atoms with van der Waals surface area (Å²) < 4.78 is 43.7. The molecule has 0 aliphatic heterocycles. The van der Waals surface area contributed by atoms with Crippen molar-refractivity contribution >= 4 is 31.5 Å². The number of aromatic nitrogens is 3. The molecule has 10 rings (SSSR count). The van der Waals surface area contributed by atoms with Gasteiger partial charge in [0.2, 0.25) is 0 Å². The van der Waals surface area contributed by atoms with Gasteiger partial charge in [0.15, 0.2) is 17.5 Å². The minimum atomic E-state index is -0.410. The van der Waals surface area contributed by atoms with Crippen molar-refractivity contribution in [2.75, 3.05) is 0 Å². The van der Waals surface area contributed by atoms with Crippen molar-refractivity contribution in [2.45, 2.75) is 19.3 Å². The number of fused-ring (bicyclic) bond motifs is 6. The summed E-state index contributed by atoms with van der Waals surface area (Å²) in [6.07, 6.45) is 0. The van der Waals surface area contributed by atoms with Crippen LogP contribution in [0, 0.1) is 0 Å². The van der Waals surface area contributed by atoms with Crippen LogP contribution in [0.15, 0.2) is 164 Å². The van der Waals surface area contributed by atoms with Crippen LogP contribution in [0.3, 0.4) is 0 Å². The fourth-order valence-corrected chi connectivity index (χ4v) is 8.95. The first-order chi connectivity index (χ1) is 27.6. The SMILES string of the molecule is [2H]c1c([2H])c([2H])c(-c2ccc(-c3ccccc3-c3nc(-c4cccc5c4-c4ccccc4C5(C)C)nc(-c4cccc5c4sc4ccccc45)n3)cc2)c([2H])c1[2H]. The molecule has 0 saturated carbocycles.